The van der Waals surface area contributed by atoms with E-state index in [9.17, 15) is 0 Å². The molecule has 1 fully saturated rings. The summed E-state index contributed by atoms with van der Waals surface area (Å²) in [5.74, 6) is 1.18. The number of aromatic amines is 1. The highest BCUT2D eigenvalue weighted by molar-refractivity contribution is 5.83. The zero-order valence-corrected chi connectivity index (χ0v) is 15.8. The van der Waals surface area contributed by atoms with E-state index < -0.39 is 0 Å². The van der Waals surface area contributed by atoms with Gasteiger partial charge in [0.25, 0.3) is 0 Å². The van der Waals surface area contributed by atoms with E-state index in [4.69, 9.17) is 14.5 Å². The maximum Gasteiger partial charge on any atom is 0.322 e. The molecular formula is C21H20N6O2. The van der Waals surface area contributed by atoms with Gasteiger partial charge in [-0.25, -0.2) is 0 Å². The maximum atomic E-state index is 5.87. The molecule has 8 nitrogen and oxygen atoms in total. The third-order valence-electron chi connectivity index (χ3n) is 4.78. The highest BCUT2D eigenvalue weighted by Gasteiger charge is 2.18. The Hall–Kier alpha value is -3.52. The molecule has 146 valence electrons. The third kappa shape index (κ3) is 3.88. The molecule has 0 saturated carbocycles. The van der Waals surface area contributed by atoms with Crippen LogP contribution in [0.25, 0.3) is 22.3 Å². The van der Waals surface area contributed by atoms with Gasteiger partial charge in [0.15, 0.2) is 5.82 Å². The fraction of sp³-hybridized carbons (Fsp3) is 0.238. The van der Waals surface area contributed by atoms with Crippen molar-refractivity contribution >= 4 is 16.9 Å². The van der Waals surface area contributed by atoms with Gasteiger partial charge in [-0.15, -0.1) is 0 Å². The number of pyridine rings is 1. The number of H-pyrrole nitrogens is 1. The van der Waals surface area contributed by atoms with Gasteiger partial charge in [0.1, 0.15) is 6.61 Å². The fourth-order valence-electron chi connectivity index (χ4n) is 3.26. The number of benzene rings is 1. The van der Waals surface area contributed by atoms with E-state index in [2.05, 4.69) is 30.9 Å². The SMILES string of the molecule is c1ccc(COc2nc(-c3ccc4[nH]ccc4c3)nc(N3CCOCC3)n2)nc1. The Labute approximate surface area is 167 Å². The van der Waals surface area contributed by atoms with E-state index in [0.717, 1.165) is 35.2 Å². The highest BCUT2D eigenvalue weighted by atomic mass is 16.5. The second kappa shape index (κ2) is 7.84. The number of morpholine rings is 1. The summed E-state index contributed by atoms with van der Waals surface area (Å²) in [6.45, 7) is 3.07. The van der Waals surface area contributed by atoms with Crippen LogP contribution < -0.4 is 9.64 Å². The van der Waals surface area contributed by atoms with Gasteiger partial charge in [-0.3, -0.25) is 4.98 Å². The Morgan fingerprint density at radius 2 is 1.97 bits per heavy atom. The predicted molar refractivity (Wildman–Crippen MR) is 109 cm³/mol. The molecule has 1 aromatic carbocycles. The number of ether oxygens (including phenoxy) is 2. The molecule has 0 spiro atoms. The van der Waals surface area contributed by atoms with Crippen LogP contribution in [-0.2, 0) is 11.3 Å². The number of rotatable bonds is 5. The van der Waals surface area contributed by atoms with Crippen LogP contribution in [0.4, 0.5) is 5.95 Å². The van der Waals surface area contributed by atoms with Crippen LogP contribution in [0.5, 0.6) is 6.01 Å². The molecule has 1 aliphatic rings. The first-order chi connectivity index (χ1) is 14.3. The molecule has 1 saturated heterocycles. The molecule has 5 rings (SSSR count). The molecule has 0 atom stereocenters. The third-order valence-corrected chi connectivity index (χ3v) is 4.78. The Balaban J connectivity index is 1.50. The first-order valence-electron chi connectivity index (χ1n) is 9.54. The van der Waals surface area contributed by atoms with Crippen LogP contribution in [0, 0.1) is 0 Å². The van der Waals surface area contributed by atoms with E-state index >= 15 is 0 Å². The Morgan fingerprint density at radius 1 is 1.03 bits per heavy atom. The normalized spacial score (nSPS) is 14.3. The van der Waals surface area contributed by atoms with Crippen molar-refractivity contribution in [3.8, 4) is 17.4 Å². The zero-order valence-electron chi connectivity index (χ0n) is 15.8. The first-order valence-corrected chi connectivity index (χ1v) is 9.54. The van der Waals surface area contributed by atoms with E-state index in [1.165, 1.54) is 0 Å². The summed E-state index contributed by atoms with van der Waals surface area (Å²) < 4.78 is 11.3. The van der Waals surface area contributed by atoms with Gasteiger partial charge in [0.05, 0.1) is 18.9 Å². The second-order valence-electron chi connectivity index (χ2n) is 6.73. The molecule has 29 heavy (non-hydrogen) atoms. The number of nitrogens with zero attached hydrogens (tertiary/aromatic N) is 5. The van der Waals surface area contributed by atoms with Crippen molar-refractivity contribution in [3.05, 3.63) is 60.6 Å². The van der Waals surface area contributed by atoms with Crippen molar-refractivity contribution in [2.24, 2.45) is 0 Å². The molecule has 8 heteroatoms. The molecule has 1 aliphatic heterocycles. The number of anilines is 1. The lowest BCUT2D eigenvalue weighted by molar-refractivity contribution is 0.122. The lowest BCUT2D eigenvalue weighted by Crippen LogP contribution is -2.37. The first kappa shape index (κ1) is 17.6. The van der Waals surface area contributed by atoms with Crippen LogP contribution >= 0.6 is 0 Å². The van der Waals surface area contributed by atoms with Crippen molar-refractivity contribution < 1.29 is 9.47 Å². The largest absolute Gasteiger partial charge is 0.457 e. The van der Waals surface area contributed by atoms with Crippen LogP contribution in [0.15, 0.2) is 54.9 Å². The van der Waals surface area contributed by atoms with Crippen LogP contribution in [-0.4, -0.2) is 51.2 Å². The molecule has 3 aromatic heterocycles. The van der Waals surface area contributed by atoms with Crippen LogP contribution in [0.3, 0.4) is 0 Å². The van der Waals surface area contributed by atoms with Crippen molar-refractivity contribution in [2.75, 3.05) is 31.2 Å². The van der Waals surface area contributed by atoms with Crippen molar-refractivity contribution in [1.82, 2.24) is 24.9 Å². The van der Waals surface area contributed by atoms with E-state index in [-0.39, 0.29) is 6.01 Å². The monoisotopic (exact) mass is 388 g/mol. The minimum Gasteiger partial charge on any atom is -0.457 e. The summed E-state index contributed by atoms with van der Waals surface area (Å²) in [6, 6.07) is 14.1. The molecule has 0 aliphatic carbocycles. The average molecular weight is 388 g/mol. The van der Waals surface area contributed by atoms with Crippen LogP contribution in [0.2, 0.25) is 0 Å². The number of hydrogen-bond donors (Lipinski definition) is 1. The second-order valence-corrected chi connectivity index (χ2v) is 6.73. The Kier molecular flexibility index (Phi) is 4.75. The summed E-state index contributed by atoms with van der Waals surface area (Å²) in [4.78, 5) is 23.4. The van der Waals surface area contributed by atoms with Gasteiger partial charge in [0, 0.05) is 41.9 Å². The summed E-state index contributed by atoms with van der Waals surface area (Å²) in [5.41, 5.74) is 2.80. The minimum atomic E-state index is 0.288. The van der Waals surface area contributed by atoms with E-state index in [1.807, 2.05) is 42.6 Å². The van der Waals surface area contributed by atoms with Gasteiger partial charge >= 0.3 is 6.01 Å². The standard InChI is InChI=1S/C21H20N6O2/c1-2-7-22-17(3-1)14-29-21-25-19(16-4-5-18-15(13-16)6-8-23-18)24-20(26-21)27-9-11-28-12-10-27/h1-8,13,23H,9-12,14H2. The molecular weight excluding hydrogens is 368 g/mol. The number of hydrogen-bond acceptors (Lipinski definition) is 7. The fourth-order valence-corrected chi connectivity index (χ4v) is 3.26. The van der Waals surface area contributed by atoms with Gasteiger partial charge in [-0.05, 0) is 36.4 Å². The van der Waals surface area contributed by atoms with Gasteiger partial charge in [-0.1, -0.05) is 6.07 Å². The molecule has 1 N–H and O–H groups in total. The molecule has 4 heterocycles. The van der Waals surface area contributed by atoms with Crippen molar-refractivity contribution in [2.45, 2.75) is 6.61 Å². The topological polar surface area (TPSA) is 89.0 Å². The lowest BCUT2D eigenvalue weighted by atomic mass is 10.1. The smallest absolute Gasteiger partial charge is 0.322 e. The van der Waals surface area contributed by atoms with Crippen LogP contribution in [0.1, 0.15) is 5.69 Å². The number of aromatic nitrogens is 5. The Bertz CT molecular complexity index is 1110. The molecule has 0 radical (unpaired) electrons. The minimum absolute atomic E-state index is 0.288. The van der Waals surface area contributed by atoms with E-state index in [0.29, 0.717) is 31.6 Å². The summed E-state index contributed by atoms with van der Waals surface area (Å²) in [6.07, 6.45) is 3.66. The quantitative estimate of drug-likeness (QED) is 0.562. The molecule has 4 aromatic rings. The van der Waals surface area contributed by atoms with Crippen molar-refractivity contribution in [1.29, 1.82) is 0 Å². The summed E-state index contributed by atoms with van der Waals surface area (Å²) >= 11 is 0. The van der Waals surface area contributed by atoms with Gasteiger partial charge in [0.2, 0.25) is 5.95 Å². The Morgan fingerprint density at radius 3 is 2.83 bits per heavy atom. The van der Waals surface area contributed by atoms with E-state index in [1.54, 1.807) is 6.20 Å². The summed E-state index contributed by atoms with van der Waals surface area (Å²) in [7, 11) is 0. The maximum absolute atomic E-state index is 5.87. The lowest BCUT2D eigenvalue weighted by Gasteiger charge is -2.27. The molecule has 0 amide bonds. The molecule has 0 bridgehead atoms. The molecule has 0 unspecified atom stereocenters. The predicted octanol–water partition coefficient (Wildman–Crippen LogP) is 2.83. The highest BCUT2D eigenvalue weighted by Crippen LogP contribution is 2.25. The number of nitrogens with one attached hydrogen (secondary N) is 1. The van der Waals surface area contributed by atoms with Crippen molar-refractivity contribution in [3.63, 3.8) is 0 Å². The number of fused-ring (bicyclic) bond motifs is 1. The zero-order chi connectivity index (χ0) is 19.5. The van der Waals surface area contributed by atoms with Gasteiger partial charge < -0.3 is 19.4 Å². The van der Waals surface area contributed by atoms with Gasteiger partial charge in [-0.2, -0.15) is 15.0 Å². The summed E-state index contributed by atoms with van der Waals surface area (Å²) in [5, 5.41) is 1.10. The average Bonchev–Trinajstić information content (AvgIpc) is 3.27.